The number of para-hydroxylation sites is 1. The Morgan fingerprint density at radius 3 is 2.48 bits per heavy atom. The molecule has 2 N–H and O–H groups in total. The average Bonchev–Trinajstić information content (AvgIpc) is 2.61. The largest absolute Gasteiger partial charge is 0.496 e. The number of aliphatic imine (C=N–C) groups is 1. The fraction of sp³-hybridized carbons (Fsp3) is 0.316. The lowest BCUT2D eigenvalue weighted by Gasteiger charge is -2.12. The number of benzene rings is 2. The van der Waals surface area contributed by atoms with Gasteiger partial charge in [0.15, 0.2) is 5.96 Å². The fourth-order valence-corrected chi connectivity index (χ4v) is 2.31. The maximum Gasteiger partial charge on any atom is 0.191 e. The molecule has 4 heteroatoms. The Labute approximate surface area is 138 Å². The van der Waals surface area contributed by atoms with Crippen molar-refractivity contribution in [1.82, 2.24) is 10.6 Å². The van der Waals surface area contributed by atoms with Crippen molar-refractivity contribution in [2.24, 2.45) is 4.99 Å². The van der Waals surface area contributed by atoms with Gasteiger partial charge < -0.3 is 15.4 Å². The van der Waals surface area contributed by atoms with Crippen molar-refractivity contribution in [1.29, 1.82) is 0 Å². The third-order valence-corrected chi connectivity index (χ3v) is 3.49. The SMILES string of the molecule is CCNC(=NCc1ccccc1OC)NCCc1ccccc1. The van der Waals surface area contributed by atoms with Gasteiger partial charge in [-0.2, -0.15) is 0 Å². The molecule has 0 aliphatic heterocycles. The number of ether oxygens (including phenoxy) is 1. The van der Waals surface area contributed by atoms with E-state index in [0.29, 0.717) is 6.54 Å². The third kappa shape index (κ3) is 5.66. The van der Waals surface area contributed by atoms with Gasteiger partial charge in [0.2, 0.25) is 0 Å². The number of rotatable bonds is 7. The van der Waals surface area contributed by atoms with Crippen LogP contribution in [-0.4, -0.2) is 26.2 Å². The molecule has 23 heavy (non-hydrogen) atoms. The lowest BCUT2D eigenvalue weighted by molar-refractivity contribution is 0.410. The molecule has 0 unspecified atom stereocenters. The van der Waals surface area contributed by atoms with Gasteiger partial charge >= 0.3 is 0 Å². The molecule has 0 aromatic heterocycles. The molecule has 0 aliphatic rings. The van der Waals surface area contributed by atoms with Crippen molar-refractivity contribution in [2.45, 2.75) is 19.9 Å². The molecule has 0 heterocycles. The van der Waals surface area contributed by atoms with Crippen LogP contribution in [0.5, 0.6) is 5.75 Å². The van der Waals surface area contributed by atoms with E-state index in [2.05, 4.69) is 46.8 Å². The lowest BCUT2D eigenvalue weighted by atomic mass is 10.1. The molecule has 4 nitrogen and oxygen atoms in total. The molecular weight excluding hydrogens is 286 g/mol. The van der Waals surface area contributed by atoms with Crippen molar-refractivity contribution in [3.8, 4) is 5.75 Å². The predicted octanol–water partition coefficient (Wildman–Crippen LogP) is 2.99. The van der Waals surface area contributed by atoms with E-state index in [9.17, 15) is 0 Å². The molecule has 0 radical (unpaired) electrons. The molecule has 2 aromatic rings. The smallest absolute Gasteiger partial charge is 0.191 e. The van der Waals surface area contributed by atoms with Gasteiger partial charge in [-0.15, -0.1) is 0 Å². The molecule has 2 rings (SSSR count). The Morgan fingerprint density at radius 1 is 1.00 bits per heavy atom. The first-order chi connectivity index (χ1) is 11.3. The van der Waals surface area contributed by atoms with E-state index in [4.69, 9.17) is 4.74 Å². The highest BCUT2D eigenvalue weighted by molar-refractivity contribution is 5.79. The maximum absolute atomic E-state index is 5.37. The van der Waals surface area contributed by atoms with Crippen LogP contribution in [0.3, 0.4) is 0 Å². The van der Waals surface area contributed by atoms with E-state index in [1.54, 1.807) is 7.11 Å². The van der Waals surface area contributed by atoms with Crippen molar-refractivity contribution in [2.75, 3.05) is 20.2 Å². The summed E-state index contributed by atoms with van der Waals surface area (Å²) in [5.74, 6) is 1.70. The molecule has 0 bridgehead atoms. The fourth-order valence-electron chi connectivity index (χ4n) is 2.31. The highest BCUT2D eigenvalue weighted by Crippen LogP contribution is 2.17. The van der Waals surface area contributed by atoms with Gasteiger partial charge in [-0.1, -0.05) is 48.5 Å². The summed E-state index contributed by atoms with van der Waals surface area (Å²) in [6, 6.07) is 18.4. The minimum atomic E-state index is 0.588. The van der Waals surface area contributed by atoms with Gasteiger partial charge in [-0.25, -0.2) is 4.99 Å². The van der Waals surface area contributed by atoms with Crippen LogP contribution >= 0.6 is 0 Å². The van der Waals surface area contributed by atoms with Crippen molar-refractivity contribution >= 4 is 5.96 Å². The molecular formula is C19H25N3O. The Bertz CT molecular complexity index is 611. The molecule has 0 saturated heterocycles. The van der Waals surface area contributed by atoms with Crippen molar-refractivity contribution < 1.29 is 4.74 Å². The Morgan fingerprint density at radius 2 is 1.74 bits per heavy atom. The molecule has 122 valence electrons. The van der Waals surface area contributed by atoms with Crippen LogP contribution in [0, 0.1) is 0 Å². The van der Waals surface area contributed by atoms with E-state index in [1.165, 1.54) is 5.56 Å². The Balaban J connectivity index is 1.91. The third-order valence-electron chi connectivity index (χ3n) is 3.49. The van der Waals surface area contributed by atoms with Crippen LogP contribution in [0.1, 0.15) is 18.1 Å². The highest BCUT2D eigenvalue weighted by Gasteiger charge is 2.02. The summed E-state index contributed by atoms with van der Waals surface area (Å²) in [4.78, 5) is 4.64. The second-order valence-corrected chi connectivity index (χ2v) is 5.17. The first-order valence-electron chi connectivity index (χ1n) is 8.01. The summed E-state index contributed by atoms with van der Waals surface area (Å²) in [6.07, 6.45) is 0.972. The maximum atomic E-state index is 5.37. The van der Waals surface area contributed by atoms with Crippen LogP contribution in [0.2, 0.25) is 0 Å². The minimum Gasteiger partial charge on any atom is -0.496 e. The first-order valence-corrected chi connectivity index (χ1v) is 8.01. The van der Waals surface area contributed by atoms with Gasteiger partial charge in [-0.3, -0.25) is 0 Å². The van der Waals surface area contributed by atoms with E-state index < -0.39 is 0 Å². The van der Waals surface area contributed by atoms with Crippen LogP contribution < -0.4 is 15.4 Å². The molecule has 0 aliphatic carbocycles. The zero-order chi connectivity index (χ0) is 16.3. The highest BCUT2D eigenvalue weighted by atomic mass is 16.5. The topological polar surface area (TPSA) is 45.7 Å². The number of nitrogens with one attached hydrogen (secondary N) is 2. The lowest BCUT2D eigenvalue weighted by Crippen LogP contribution is -2.38. The quantitative estimate of drug-likeness (QED) is 0.610. The summed E-state index contributed by atoms with van der Waals surface area (Å²) < 4.78 is 5.37. The van der Waals surface area contributed by atoms with Crippen LogP contribution in [0.4, 0.5) is 0 Å². The number of hydrogen-bond acceptors (Lipinski definition) is 2. The second-order valence-electron chi connectivity index (χ2n) is 5.17. The molecule has 0 saturated carbocycles. The molecule has 0 amide bonds. The van der Waals surface area contributed by atoms with E-state index >= 15 is 0 Å². The number of nitrogens with zero attached hydrogens (tertiary/aromatic N) is 1. The van der Waals surface area contributed by atoms with Gasteiger partial charge in [-0.05, 0) is 25.0 Å². The number of methoxy groups -OCH3 is 1. The summed E-state index contributed by atoms with van der Waals surface area (Å²) in [6.45, 7) is 4.34. The first kappa shape index (κ1) is 16.9. The van der Waals surface area contributed by atoms with Crippen LogP contribution in [-0.2, 0) is 13.0 Å². The zero-order valence-corrected chi connectivity index (χ0v) is 13.9. The minimum absolute atomic E-state index is 0.588. The monoisotopic (exact) mass is 311 g/mol. The summed E-state index contributed by atoms with van der Waals surface area (Å²) in [5.41, 5.74) is 2.40. The Hall–Kier alpha value is -2.49. The van der Waals surface area contributed by atoms with E-state index in [1.807, 2.05) is 30.3 Å². The van der Waals surface area contributed by atoms with Gasteiger partial charge in [0.25, 0.3) is 0 Å². The summed E-state index contributed by atoms with van der Waals surface area (Å²) >= 11 is 0. The number of guanidine groups is 1. The van der Waals surface area contributed by atoms with E-state index in [-0.39, 0.29) is 0 Å². The van der Waals surface area contributed by atoms with Crippen molar-refractivity contribution in [3.63, 3.8) is 0 Å². The molecule has 0 spiro atoms. The van der Waals surface area contributed by atoms with Crippen LogP contribution in [0.25, 0.3) is 0 Å². The average molecular weight is 311 g/mol. The summed E-state index contributed by atoms with van der Waals surface area (Å²) in [7, 11) is 1.69. The van der Waals surface area contributed by atoms with Crippen molar-refractivity contribution in [3.05, 3.63) is 65.7 Å². The predicted molar refractivity (Wildman–Crippen MR) is 96.0 cm³/mol. The van der Waals surface area contributed by atoms with Gasteiger partial charge in [0.05, 0.1) is 13.7 Å². The zero-order valence-electron chi connectivity index (χ0n) is 13.9. The summed E-state index contributed by atoms with van der Waals surface area (Å²) in [5, 5.41) is 6.65. The second kappa shape index (κ2) is 9.51. The van der Waals surface area contributed by atoms with E-state index in [0.717, 1.165) is 36.8 Å². The standard InChI is InChI=1S/C19H25N3O/c1-3-20-19(21-14-13-16-9-5-4-6-10-16)22-15-17-11-7-8-12-18(17)23-2/h4-12H,3,13-15H2,1-2H3,(H2,20,21,22). The van der Waals surface area contributed by atoms with Gasteiger partial charge in [0.1, 0.15) is 5.75 Å². The molecule has 0 fully saturated rings. The van der Waals surface area contributed by atoms with Crippen LogP contribution in [0.15, 0.2) is 59.6 Å². The molecule has 0 atom stereocenters. The Kier molecular flexibility index (Phi) is 6.98. The molecule has 2 aromatic carbocycles. The normalized spacial score (nSPS) is 11.1. The van der Waals surface area contributed by atoms with Gasteiger partial charge in [0, 0.05) is 18.7 Å². The number of hydrogen-bond donors (Lipinski definition) is 2.